The largest absolute Gasteiger partial charge is 0.508 e. The van der Waals surface area contributed by atoms with E-state index in [0.29, 0.717) is 22.4 Å². The van der Waals surface area contributed by atoms with Crippen LogP contribution in [0.5, 0.6) is 5.75 Å². The fourth-order valence-corrected chi connectivity index (χ4v) is 3.67. The van der Waals surface area contributed by atoms with E-state index in [2.05, 4.69) is 15.5 Å². The summed E-state index contributed by atoms with van der Waals surface area (Å²) in [4.78, 5) is 13.7. The molecule has 0 fully saturated rings. The zero-order chi connectivity index (χ0) is 19.3. The van der Waals surface area contributed by atoms with E-state index in [0.717, 1.165) is 11.1 Å². The van der Waals surface area contributed by atoms with Crippen molar-refractivity contribution in [1.29, 1.82) is 0 Å². The fourth-order valence-electron chi connectivity index (χ4n) is 3.67. The Labute approximate surface area is 159 Å². The highest BCUT2D eigenvalue weighted by Gasteiger charge is 2.30. The van der Waals surface area contributed by atoms with Gasteiger partial charge in [-0.2, -0.15) is 4.80 Å². The number of fused-ring (bicyclic) bond motifs is 3. The fraction of sp³-hybridized carbons (Fsp3) is 0.0952. The minimum atomic E-state index is -0.329. The number of aromatic hydroxyl groups is 1. The molecule has 1 aromatic heterocycles. The molecule has 0 spiro atoms. The number of amides is 1. The molecule has 28 heavy (non-hydrogen) atoms. The summed E-state index contributed by atoms with van der Waals surface area (Å²) in [7, 11) is 0. The third-order valence-electron chi connectivity index (χ3n) is 4.94. The number of rotatable bonds is 2. The van der Waals surface area contributed by atoms with Gasteiger partial charge in [-0.1, -0.05) is 12.1 Å². The molecule has 1 amide bonds. The Balaban J connectivity index is 1.71. The van der Waals surface area contributed by atoms with Gasteiger partial charge in [0.2, 0.25) is 5.91 Å². The first kappa shape index (κ1) is 16.4. The van der Waals surface area contributed by atoms with Crippen molar-refractivity contribution in [3.05, 3.63) is 77.6 Å². The second-order valence-electron chi connectivity index (χ2n) is 6.76. The first-order valence-corrected chi connectivity index (χ1v) is 8.83. The first-order chi connectivity index (χ1) is 13.6. The lowest BCUT2D eigenvalue weighted by Crippen LogP contribution is -2.23. The van der Waals surface area contributed by atoms with Crippen molar-refractivity contribution in [3.8, 4) is 11.4 Å². The number of carbonyl (C=O) groups excluding carboxylic acids is 1. The number of hydrogen-bond donors (Lipinski definition) is 2. The summed E-state index contributed by atoms with van der Waals surface area (Å²) in [5.41, 5.74) is 4.35. The number of phenolic OH excluding ortho intramolecular Hbond substituents is 1. The van der Waals surface area contributed by atoms with Crippen molar-refractivity contribution in [2.75, 3.05) is 5.32 Å². The Morgan fingerprint density at radius 2 is 1.89 bits per heavy atom. The van der Waals surface area contributed by atoms with Crippen LogP contribution in [0.4, 0.5) is 10.1 Å². The number of hydrogen-bond acceptors (Lipinski definition) is 4. The van der Waals surface area contributed by atoms with Crippen LogP contribution in [0.25, 0.3) is 16.7 Å². The summed E-state index contributed by atoms with van der Waals surface area (Å²) in [6.07, 6.45) is 0.249. The van der Waals surface area contributed by atoms with Gasteiger partial charge in [-0.25, -0.2) is 4.39 Å². The molecule has 4 aromatic rings. The van der Waals surface area contributed by atoms with E-state index >= 15 is 0 Å². The molecule has 2 heterocycles. The van der Waals surface area contributed by atoms with Crippen molar-refractivity contribution < 1.29 is 14.3 Å². The molecular formula is C21H15FN4O2. The highest BCUT2D eigenvalue weighted by molar-refractivity contribution is 5.99. The molecule has 3 aromatic carbocycles. The van der Waals surface area contributed by atoms with Crippen LogP contribution in [-0.4, -0.2) is 26.0 Å². The van der Waals surface area contributed by atoms with Gasteiger partial charge >= 0.3 is 0 Å². The third kappa shape index (κ3) is 2.68. The zero-order valence-corrected chi connectivity index (χ0v) is 14.6. The van der Waals surface area contributed by atoms with Crippen LogP contribution < -0.4 is 5.32 Å². The number of phenols is 1. The van der Waals surface area contributed by atoms with Gasteiger partial charge in [-0.05, 0) is 54.1 Å². The first-order valence-electron chi connectivity index (χ1n) is 8.83. The Kier molecular flexibility index (Phi) is 3.61. The normalized spacial score (nSPS) is 16.0. The van der Waals surface area contributed by atoms with Crippen LogP contribution >= 0.6 is 0 Å². The maximum absolute atomic E-state index is 13.2. The van der Waals surface area contributed by atoms with Gasteiger partial charge in [0.05, 0.1) is 5.69 Å². The Morgan fingerprint density at radius 3 is 2.68 bits per heavy atom. The molecule has 1 aliphatic rings. The summed E-state index contributed by atoms with van der Waals surface area (Å²) in [5.74, 6) is -0.527. The summed E-state index contributed by atoms with van der Waals surface area (Å²) >= 11 is 0. The molecule has 0 unspecified atom stereocenters. The molecule has 0 bridgehead atoms. The summed E-state index contributed by atoms with van der Waals surface area (Å²) in [5, 5.41) is 21.9. The van der Waals surface area contributed by atoms with Gasteiger partial charge in [0.15, 0.2) is 0 Å². The van der Waals surface area contributed by atoms with Crippen molar-refractivity contribution in [2.45, 2.75) is 12.3 Å². The van der Waals surface area contributed by atoms with E-state index < -0.39 is 0 Å². The second-order valence-corrected chi connectivity index (χ2v) is 6.76. The van der Waals surface area contributed by atoms with Crippen molar-refractivity contribution in [3.63, 3.8) is 0 Å². The van der Waals surface area contributed by atoms with E-state index in [4.69, 9.17) is 0 Å². The number of aromatic nitrogens is 3. The quantitative estimate of drug-likeness (QED) is 0.560. The number of halogens is 1. The van der Waals surface area contributed by atoms with E-state index in [-0.39, 0.29) is 29.8 Å². The summed E-state index contributed by atoms with van der Waals surface area (Å²) in [6, 6.07) is 16.4. The minimum Gasteiger partial charge on any atom is -0.508 e. The molecule has 0 saturated heterocycles. The van der Waals surface area contributed by atoms with Crippen LogP contribution in [0.15, 0.2) is 60.7 Å². The van der Waals surface area contributed by atoms with Crippen LogP contribution in [0.2, 0.25) is 0 Å². The van der Waals surface area contributed by atoms with Gasteiger partial charge in [0.1, 0.15) is 22.6 Å². The Morgan fingerprint density at radius 1 is 1.07 bits per heavy atom. The number of benzene rings is 3. The highest BCUT2D eigenvalue weighted by atomic mass is 19.1. The third-order valence-corrected chi connectivity index (χ3v) is 4.94. The number of anilines is 1. The topological polar surface area (TPSA) is 80.0 Å². The van der Waals surface area contributed by atoms with E-state index in [1.165, 1.54) is 16.9 Å². The average Bonchev–Trinajstić information content (AvgIpc) is 3.12. The van der Waals surface area contributed by atoms with Crippen LogP contribution in [0, 0.1) is 5.82 Å². The lowest BCUT2D eigenvalue weighted by Gasteiger charge is -2.26. The lowest BCUT2D eigenvalue weighted by atomic mass is 9.84. The molecular weight excluding hydrogens is 359 g/mol. The molecule has 0 radical (unpaired) electrons. The summed E-state index contributed by atoms with van der Waals surface area (Å²) in [6.45, 7) is 0. The highest BCUT2D eigenvalue weighted by Crippen LogP contribution is 2.41. The average molecular weight is 374 g/mol. The number of carbonyl (C=O) groups is 1. The zero-order valence-electron chi connectivity index (χ0n) is 14.6. The van der Waals surface area contributed by atoms with Crippen LogP contribution in [0.1, 0.15) is 23.5 Å². The molecule has 5 rings (SSSR count). The predicted molar refractivity (Wildman–Crippen MR) is 102 cm³/mol. The van der Waals surface area contributed by atoms with Gasteiger partial charge < -0.3 is 10.4 Å². The van der Waals surface area contributed by atoms with Gasteiger partial charge in [0, 0.05) is 23.6 Å². The standard InChI is InChI=1S/C21H15FN4O2/c22-13-4-6-14(7-5-13)26-24-18-9-8-17-20(21(18)25-26)16(11-19(28)23-17)12-2-1-3-15(27)10-12/h1-10,16,27H,11H2,(H,23,28)/t16-/m1/s1. The monoisotopic (exact) mass is 374 g/mol. The molecule has 1 atom stereocenters. The molecule has 7 heteroatoms. The van der Waals surface area contributed by atoms with Crippen molar-refractivity contribution in [2.24, 2.45) is 0 Å². The van der Waals surface area contributed by atoms with Crippen LogP contribution in [-0.2, 0) is 4.79 Å². The molecule has 138 valence electrons. The van der Waals surface area contributed by atoms with Gasteiger partial charge in [-0.3, -0.25) is 4.79 Å². The molecule has 1 aliphatic heterocycles. The second kappa shape index (κ2) is 6.16. The molecule has 2 N–H and O–H groups in total. The predicted octanol–water partition coefficient (Wildman–Crippen LogP) is 3.74. The SMILES string of the molecule is O=C1C[C@H](c2cccc(O)c2)c2c(ccc3nn(-c4ccc(F)cc4)nc23)N1. The van der Waals surface area contributed by atoms with E-state index in [1.54, 1.807) is 36.4 Å². The molecule has 6 nitrogen and oxygen atoms in total. The molecule has 0 aliphatic carbocycles. The lowest BCUT2D eigenvalue weighted by molar-refractivity contribution is -0.116. The van der Waals surface area contributed by atoms with Crippen molar-refractivity contribution >= 4 is 22.6 Å². The van der Waals surface area contributed by atoms with Gasteiger partial charge in [-0.15, -0.1) is 10.2 Å². The smallest absolute Gasteiger partial charge is 0.225 e. The van der Waals surface area contributed by atoms with Crippen molar-refractivity contribution in [1.82, 2.24) is 15.0 Å². The van der Waals surface area contributed by atoms with Crippen LogP contribution in [0.3, 0.4) is 0 Å². The Hall–Kier alpha value is -3.74. The number of nitrogens with zero attached hydrogens (tertiary/aromatic N) is 3. The maximum atomic E-state index is 13.2. The molecule has 0 saturated carbocycles. The maximum Gasteiger partial charge on any atom is 0.225 e. The number of nitrogens with one attached hydrogen (secondary N) is 1. The minimum absolute atomic E-state index is 0.0916. The van der Waals surface area contributed by atoms with E-state index in [9.17, 15) is 14.3 Å². The summed E-state index contributed by atoms with van der Waals surface area (Å²) < 4.78 is 13.2. The Bertz CT molecular complexity index is 1220. The van der Waals surface area contributed by atoms with E-state index in [1.807, 2.05) is 12.1 Å². The van der Waals surface area contributed by atoms with Gasteiger partial charge in [0.25, 0.3) is 0 Å².